The van der Waals surface area contributed by atoms with Gasteiger partial charge in [-0.2, -0.15) is 8.78 Å². The number of ether oxygens (including phenoxy) is 1. The van der Waals surface area contributed by atoms with Gasteiger partial charge in [-0.25, -0.2) is 0 Å². The van der Waals surface area contributed by atoms with Crippen molar-refractivity contribution >= 4 is 11.4 Å². The molecule has 0 amide bonds. The van der Waals surface area contributed by atoms with Crippen molar-refractivity contribution in [2.75, 3.05) is 0 Å². The zero-order chi connectivity index (χ0) is 13.3. The topological polar surface area (TPSA) is 52.3 Å². The van der Waals surface area contributed by atoms with E-state index in [0.717, 1.165) is 0 Å². The van der Waals surface area contributed by atoms with E-state index in [2.05, 4.69) is 4.74 Å². The van der Waals surface area contributed by atoms with Crippen LogP contribution in [0.25, 0.3) is 5.57 Å². The second-order valence-corrected chi connectivity index (χ2v) is 4.28. The van der Waals surface area contributed by atoms with Crippen molar-refractivity contribution in [2.45, 2.75) is 20.0 Å². The first-order chi connectivity index (χ1) is 8.49. The molecule has 0 heterocycles. The van der Waals surface area contributed by atoms with E-state index in [1.807, 2.05) is 0 Å². The molecule has 0 aromatic heterocycles. The smallest absolute Gasteiger partial charge is 0.387 e. The predicted octanol–water partition coefficient (Wildman–Crippen LogP) is 2.57. The Morgan fingerprint density at radius 3 is 2.72 bits per heavy atom. The molecule has 1 aromatic carbocycles. The van der Waals surface area contributed by atoms with Crippen molar-refractivity contribution in [3.8, 4) is 5.75 Å². The highest BCUT2D eigenvalue weighted by Crippen LogP contribution is 2.33. The molecule has 0 bridgehead atoms. The molecule has 0 saturated heterocycles. The normalized spacial score (nSPS) is 19.8. The van der Waals surface area contributed by atoms with E-state index in [9.17, 15) is 13.6 Å². The van der Waals surface area contributed by atoms with Crippen LogP contribution in [0.4, 0.5) is 8.78 Å². The van der Waals surface area contributed by atoms with Crippen LogP contribution in [0.15, 0.2) is 30.0 Å². The lowest BCUT2D eigenvalue weighted by Crippen LogP contribution is -2.06. The van der Waals surface area contributed by atoms with Gasteiger partial charge in [-0.15, -0.1) is 0 Å². The highest BCUT2D eigenvalue weighted by Gasteiger charge is 2.29. The van der Waals surface area contributed by atoms with Gasteiger partial charge in [0.2, 0.25) is 0 Å². The molecule has 3 nitrogen and oxygen atoms in total. The lowest BCUT2D eigenvalue weighted by molar-refractivity contribution is -0.116. The number of rotatable bonds is 3. The molecular weight excluding hydrogens is 240 g/mol. The Bertz CT molecular complexity index is 511. The Morgan fingerprint density at radius 1 is 1.44 bits per heavy atom. The van der Waals surface area contributed by atoms with Crippen LogP contribution in [0.2, 0.25) is 0 Å². The fraction of sp³-hybridized carbons (Fsp3) is 0.308. The highest BCUT2D eigenvalue weighted by atomic mass is 19.3. The quantitative estimate of drug-likeness (QED) is 0.900. The lowest BCUT2D eigenvalue weighted by Gasteiger charge is -2.08. The van der Waals surface area contributed by atoms with Crippen LogP contribution in [0.5, 0.6) is 5.75 Å². The van der Waals surface area contributed by atoms with Crippen molar-refractivity contribution in [1.82, 2.24) is 0 Å². The van der Waals surface area contributed by atoms with E-state index in [0.29, 0.717) is 23.3 Å². The van der Waals surface area contributed by atoms with Gasteiger partial charge in [-0.05, 0) is 24.1 Å². The van der Waals surface area contributed by atoms with Gasteiger partial charge in [-0.1, -0.05) is 19.1 Å². The van der Waals surface area contributed by atoms with Crippen LogP contribution in [0.3, 0.4) is 0 Å². The number of ketones is 1. The average molecular weight is 253 g/mol. The van der Waals surface area contributed by atoms with Crippen LogP contribution >= 0.6 is 0 Å². The van der Waals surface area contributed by atoms with E-state index in [1.54, 1.807) is 19.1 Å². The maximum absolute atomic E-state index is 12.1. The van der Waals surface area contributed by atoms with Gasteiger partial charge in [0.1, 0.15) is 5.75 Å². The first kappa shape index (κ1) is 12.5. The van der Waals surface area contributed by atoms with E-state index in [4.69, 9.17) is 5.73 Å². The molecule has 1 aromatic rings. The van der Waals surface area contributed by atoms with E-state index < -0.39 is 6.61 Å². The number of hydrogen-bond acceptors (Lipinski definition) is 3. The number of allylic oxidation sites excluding steroid dienone is 2. The summed E-state index contributed by atoms with van der Waals surface area (Å²) in [6.45, 7) is -1.09. The van der Waals surface area contributed by atoms with Crippen LogP contribution < -0.4 is 10.5 Å². The minimum atomic E-state index is -2.88. The fourth-order valence-corrected chi connectivity index (χ4v) is 2.08. The third-order valence-electron chi connectivity index (χ3n) is 2.89. The molecule has 18 heavy (non-hydrogen) atoms. The molecule has 2 rings (SSSR count). The molecule has 0 fully saturated rings. The summed E-state index contributed by atoms with van der Waals surface area (Å²) in [5, 5.41) is 0. The number of carbonyl (C=O) groups excluding carboxylic acids is 1. The maximum Gasteiger partial charge on any atom is 0.387 e. The number of nitrogens with two attached hydrogens (primary N) is 1. The van der Waals surface area contributed by atoms with Crippen molar-refractivity contribution in [1.29, 1.82) is 0 Å². The Balaban J connectivity index is 2.34. The largest absolute Gasteiger partial charge is 0.435 e. The van der Waals surface area contributed by atoms with Crippen molar-refractivity contribution in [3.05, 3.63) is 35.5 Å². The summed E-state index contributed by atoms with van der Waals surface area (Å²) in [6.07, 6.45) is 0.508. The van der Waals surface area contributed by atoms with Gasteiger partial charge in [0.25, 0.3) is 0 Å². The monoisotopic (exact) mass is 253 g/mol. The molecule has 5 heteroatoms. The number of Topliss-reactive ketones (excluding diaryl/α,β-unsaturated/α-hetero) is 1. The van der Waals surface area contributed by atoms with Gasteiger partial charge in [0.15, 0.2) is 5.78 Å². The van der Waals surface area contributed by atoms with Crippen molar-refractivity contribution in [3.63, 3.8) is 0 Å². The second kappa shape index (κ2) is 4.76. The van der Waals surface area contributed by atoms with Crippen molar-refractivity contribution < 1.29 is 18.3 Å². The summed E-state index contributed by atoms with van der Waals surface area (Å²) < 4.78 is 28.5. The Labute approximate surface area is 103 Å². The number of benzene rings is 1. The number of hydrogen-bond donors (Lipinski definition) is 1. The molecule has 0 spiro atoms. The summed E-state index contributed by atoms with van der Waals surface area (Å²) in [7, 11) is 0. The predicted molar refractivity (Wildman–Crippen MR) is 63.0 cm³/mol. The van der Waals surface area contributed by atoms with Crippen LogP contribution in [-0.2, 0) is 4.79 Å². The standard InChI is InChI=1S/C13H13F2NO2/c1-7-5-10(16)11(12(7)17)8-3-2-4-9(6-8)18-13(14)15/h2-4,6-7,13H,5,16H2,1H3. The van der Waals surface area contributed by atoms with Crippen LogP contribution in [0, 0.1) is 5.92 Å². The van der Waals surface area contributed by atoms with E-state index in [-0.39, 0.29) is 17.5 Å². The molecule has 1 aliphatic carbocycles. The summed E-state index contributed by atoms with van der Waals surface area (Å²) in [5.74, 6) is -0.184. The van der Waals surface area contributed by atoms with Gasteiger partial charge >= 0.3 is 6.61 Å². The lowest BCUT2D eigenvalue weighted by atomic mass is 10.0. The molecule has 0 radical (unpaired) electrons. The van der Waals surface area contributed by atoms with Gasteiger partial charge < -0.3 is 10.5 Å². The number of alkyl halides is 2. The highest BCUT2D eigenvalue weighted by molar-refractivity contribution is 6.24. The molecule has 0 saturated carbocycles. The van der Waals surface area contributed by atoms with Crippen molar-refractivity contribution in [2.24, 2.45) is 11.7 Å². The molecule has 0 aliphatic heterocycles. The van der Waals surface area contributed by atoms with Crippen LogP contribution in [-0.4, -0.2) is 12.4 Å². The first-order valence-electron chi connectivity index (χ1n) is 5.57. The molecule has 2 N–H and O–H groups in total. The molecular formula is C13H13F2NO2. The molecule has 1 unspecified atom stereocenters. The third kappa shape index (κ3) is 2.34. The maximum atomic E-state index is 12.1. The minimum Gasteiger partial charge on any atom is -0.435 e. The fourth-order valence-electron chi connectivity index (χ4n) is 2.08. The zero-order valence-electron chi connectivity index (χ0n) is 9.82. The summed E-state index contributed by atoms with van der Waals surface area (Å²) in [6, 6.07) is 6.04. The summed E-state index contributed by atoms with van der Waals surface area (Å²) in [5.41, 5.74) is 7.26. The summed E-state index contributed by atoms with van der Waals surface area (Å²) >= 11 is 0. The third-order valence-corrected chi connectivity index (χ3v) is 2.89. The zero-order valence-corrected chi connectivity index (χ0v) is 9.82. The Kier molecular flexibility index (Phi) is 3.32. The SMILES string of the molecule is CC1CC(N)=C(c2cccc(OC(F)F)c2)C1=O. The van der Waals surface area contributed by atoms with E-state index in [1.165, 1.54) is 12.1 Å². The van der Waals surface area contributed by atoms with E-state index >= 15 is 0 Å². The first-order valence-corrected chi connectivity index (χ1v) is 5.57. The Morgan fingerprint density at radius 2 is 2.17 bits per heavy atom. The van der Waals surface area contributed by atoms with Crippen LogP contribution in [0.1, 0.15) is 18.9 Å². The Hall–Kier alpha value is -1.91. The molecule has 1 aliphatic rings. The second-order valence-electron chi connectivity index (χ2n) is 4.28. The summed E-state index contributed by atoms with van der Waals surface area (Å²) in [4.78, 5) is 11.9. The van der Waals surface area contributed by atoms with Gasteiger partial charge in [-0.3, -0.25) is 4.79 Å². The number of carbonyl (C=O) groups is 1. The van der Waals surface area contributed by atoms with Gasteiger partial charge in [0.05, 0.1) is 0 Å². The average Bonchev–Trinajstić information content (AvgIpc) is 2.52. The number of halogens is 2. The molecule has 96 valence electrons. The minimum absolute atomic E-state index is 0.0233. The molecule has 1 atom stereocenters. The van der Waals surface area contributed by atoms with Gasteiger partial charge in [0, 0.05) is 17.2 Å².